The van der Waals surface area contributed by atoms with E-state index >= 15 is 0 Å². The summed E-state index contributed by atoms with van der Waals surface area (Å²) >= 11 is 3.70. The quantitative estimate of drug-likeness (QED) is 0.195. The number of benzene rings is 6. The lowest BCUT2D eigenvalue weighted by Crippen LogP contribution is -2.09. The van der Waals surface area contributed by atoms with Crippen molar-refractivity contribution in [1.29, 1.82) is 0 Å². The number of nitrogens with zero attached hydrogens (tertiary/aromatic N) is 2. The van der Waals surface area contributed by atoms with Crippen LogP contribution in [0.5, 0.6) is 0 Å². The van der Waals surface area contributed by atoms with Gasteiger partial charge in [-0.05, 0) is 78.4 Å². The van der Waals surface area contributed by atoms with Gasteiger partial charge in [0.05, 0.1) is 0 Å². The molecule has 5 heteroatoms. The highest BCUT2D eigenvalue weighted by atomic mass is 32.1. The molecule has 0 atom stereocenters. The van der Waals surface area contributed by atoms with Gasteiger partial charge >= 0.3 is 0 Å². The molecule has 0 radical (unpaired) electrons. The number of fused-ring (bicyclic) bond motifs is 9. The molecule has 0 spiro atoms. The van der Waals surface area contributed by atoms with E-state index in [9.17, 15) is 0 Å². The van der Waals surface area contributed by atoms with Crippen molar-refractivity contribution in [2.24, 2.45) is 0 Å². The van der Waals surface area contributed by atoms with E-state index in [1.54, 1.807) is 0 Å². The molecule has 216 valence electrons. The summed E-state index contributed by atoms with van der Waals surface area (Å²) in [6.45, 7) is 0. The number of rotatable bonds is 4. The second-order valence-electron chi connectivity index (χ2n) is 11.6. The Bertz CT molecular complexity index is 2770. The van der Waals surface area contributed by atoms with Crippen molar-refractivity contribution in [2.75, 3.05) is 4.90 Å². The molecule has 4 aromatic heterocycles. The number of pyridine rings is 1. The molecule has 46 heavy (non-hydrogen) atoms. The molecular formula is C41H24N2OS2. The molecule has 10 aromatic rings. The van der Waals surface area contributed by atoms with Gasteiger partial charge in [-0.15, -0.1) is 22.7 Å². The van der Waals surface area contributed by atoms with Crippen LogP contribution in [-0.4, -0.2) is 4.98 Å². The minimum absolute atomic E-state index is 0.803. The second-order valence-corrected chi connectivity index (χ2v) is 13.8. The molecule has 0 amide bonds. The monoisotopic (exact) mass is 624 g/mol. The molecule has 0 fully saturated rings. The van der Waals surface area contributed by atoms with E-state index in [2.05, 4.69) is 126 Å². The number of aromatic nitrogens is 1. The SMILES string of the molecule is c1ccc2c(c1)oc1cc(-c3ccc(N(c4ccc5c(c4)sc4ccccc45)c4ccc5sc6ccccc6c5c4)cc3)cnc12. The third-order valence-electron chi connectivity index (χ3n) is 8.91. The lowest BCUT2D eigenvalue weighted by molar-refractivity contribution is 0.668. The summed E-state index contributed by atoms with van der Waals surface area (Å²) in [4.78, 5) is 7.17. The van der Waals surface area contributed by atoms with Crippen LogP contribution in [-0.2, 0) is 0 Å². The number of para-hydroxylation sites is 1. The summed E-state index contributed by atoms with van der Waals surface area (Å²) in [6.07, 6.45) is 1.95. The number of anilines is 3. The fourth-order valence-corrected chi connectivity index (χ4v) is 8.93. The van der Waals surface area contributed by atoms with E-state index in [1.165, 1.54) is 40.3 Å². The fourth-order valence-electron chi connectivity index (χ4n) is 6.71. The smallest absolute Gasteiger partial charge is 0.154 e. The zero-order valence-electron chi connectivity index (χ0n) is 24.5. The Morgan fingerprint density at radius 2 is 1.04 bits per heavy atom. The van der Waals surface area contributed by atoms with Crippen LogP contribution in [0.1, 0.15) is 0 Å². The average Bonchev–Trinajstić information content (AvgIpc) is 3.79. The Morgan fingerprint density at radius 1 is 0.435 bits per heavy atom. The predicted octanol–water partition coefficient (Wildman–Crippen LogP) is 12.9. The van der Waals surface area contributed by atoms with E-state index in [0.717, 1.165) is 50.3 Å². The first kappa shape index (κ1) is 25.8. The van der Waals surface area contributed by atoms with Gasteiger partial charge < -0.3 is 9.32 Å². The molecule has 0 aliphatic heterocycles. The summed E-state index contributed by atoms with van der Waals surface area (Å²) in [5.74, 6) is 0. The van der Waals surface area contributed by atoms with Gasteiger partial charge in [0, 0.05) is 74.6 Å². The Kier molecular flexibility index (Phi) is 5.61. The summed E-state index contributed by atoms with van der Waals surface area (Å²) in [5.41, 5.74) is 8.05. The van der Waals surface area contributed by atoms with Crippen LogP contribution in [0.3, 0.4) is 0 Å². The standard InChI is InChI=1S/C41H24N2OS2/c1-4-10-35-33(9-1)41-36(44-35)21-26(24-42-41)25-13-15-27(16-14-25)43(28-18-20-39-34(22-28)31-8-3-6-12-38(31)45-39)29-17-19-32-30-7-2-5-11-37(30)46-40(32)23-29/h1-24H. The summed E-state index contributed by atoms with van der Waals surface area (Å²) in [6, 6.07) is 50.0. The van der Waals surface area contributed by atoms with Crippen molar-refractivity contribution < 1.29 is 4.42 Å². The largest absolute Gasteiger partial charge is 0.454 e. The molecule has 0 bridgehead atoms. The Hall–Kier alpha value is -5.49. The van der Waals surface area contributed by atoms with Gasteiger partial charge in [0.15, 0.2) is 5.58 Å². The number of furan rings is 1. The molecule has 4 heterocycles. The predicted molar refractivity (Wildman–Crippen MR) is 197 cm³/mol. The molecule has 0 aliphatic rings. The van der Waals surface area contributed by atoms with Gasteiger partial charge in [0.25, 0.3) is 0 Å². The maximum Gasteiger partial charge on any atom is 0.154 e. The van der Waals surface area contributed by atoms with Gasteiger partial charge in [-0.1, -0.05) is 66.7 Å². The van der Waals surface area contributed by atoms with Crippen LogP contribution < -0.4 is 4.90 Å². The van der Waals surface area contributed by atoms with E-state index in [-0.39, 0.29) is 0 Å². The minimum atomic E-state index is 0.803. The zero-order chi connectivity index (χ0) is 30.2. The third kappa shape index (κ3) is 3.99. The van der Waals surface area contributed by atoms with Crippen LogP contribution >= 0.6 is 22.7 Å². The molecule has 0 unspecified atom stereocenters. The van der Waals surface area contributed by atoms with E-state index in [4.69, 9.17) is 9.40 Å². The van der Waals surface area contributed by atoms with Crippen LogP contribution in [0.15, 0.2) is 150 Å². The van der Waals surface area contributed by atoms with E-state index in [0.29, 0.717) is 0 Å². The van der Waals surface area contributed by atoms with E-state index < -0.39 is 0 Å². The summed E-state index contributed by atoms with van der Waals surface area (Å²) < 4.78 is 11.3. The maximum atomic E-state index is 6.14. The molecule has 3 nitrogen and oxygen atoms in total. The third-order valence-corrected chi connectivity index (χ3v) is 11.2. The van der Waals surface area contributed by atoms with Gasteiger partial charge in [-0.2, -0.15) is 0 Å². The van der Waals surface area contributed by atoms with Crippen LogP contribution in [0.25, 0.3) is 73.5 Å². The maximum absolute atomic E-state index is 6.14. The van der Waals surface area contributed by atoms with Crippen molar-refractivity contribution in [1.82, 2.24) is 4.98 Å². The molecular weight excluding hydrogens is 601 g/mol. The fraction of sp³-hybridized carbons (Fsp3) is 0. The van der Waals surface area contributed by atoms with Crippen LogP contribution in [0.4, 0.5) is 17.1 Å². The van der Waals surface area contributed by atoms with Gasteiger partial charge in [0.1, 0.15) is 11.1 Å². The van der Waals surface area contributed by atoms with E-state index in [1.807, 2.05) is 47.1 Å². The number of hydrogen-bond donors (Lipinski definition) is 0. The lowest BCUT2D eigenvalue weighted by atomic mass is 10.1. The molecule has 0 saturated carbocycles. The number of thiophene rings is 2. The molecule has 6 aromatic carbocycles. The normalized spacial score (nSPS) is 11.9. The van der Waals surface area contributed by atoms with Crippen molar-refractivity contribution >= 4 is 102 Å². The van der Waals surface area contributed by atoms with Crippen molar-refractivity contribution in [3.05, 3.63) is 146 Å². The Balaban J connectivity index is 1.12. The molecule has 0 N–H and O–H groups in total. The minimum Gasteiger partial charge on any atom is -0.454 e. The van der Waals surface area contributed by atoms with Crippen molar-refractivity contribution in [3.8, 4) is 11.1 Å². The second kappa shape index (κ2) is 10.0. The highest BCUT2D eigenvalue weighted by Gasteiger charge is 2.17. The highest BCUT2D eigenvalue weighted by molar-refractivity contribution is 7.26. The highest BCUT2D eigenvalue weighted by Crippen LogP contribution is 2.43. The first-order valence-electron chi connectivity index (χ1n) is 15.3. The Labute approximate surface area is 272 Å². The van der Waals surface area contributed by atoms with Crippen LogP contribution in [0.2, 0.25) is 0 Å². The molecule has 0 aliphatic carbocycles. The summed E-state index contributed by atoms with van der Waals surface area (Å²) in [7, 11) is 0. The number of hydrogen-bond acceptors (Lipinski definition) is 5. The molecule has 10 rings (SSSR count). The van der Waals surface area contributed by atoms with Crippen molar-refractivity contribution in [3.63, 3.8) is 0 Å². The average molecular weight is 625 g/mol. The lowest BCUT2D eigenvalue weighted by Gasteiger charge is -2.26. The van der Waals surface area contributed by atoms with Crippen LogP contribution in [0, 0.1) is 0 Å². The molecule has 0 saturated heterocycles. The first-order valence-corrected chi connectivity index (χ1v) is 16.9. The van der Waals surface area contributed by atoms with Gasteiger partial charge in [-0.3, -0.25) is 4.98 Å². The zero-order valence-corrected chi connectivity index (χ0v) is 26.1. The summed E-state index contributed by atoms with van der Waals surface area (Å²) in [5, 5.41) is 6.24. The van der Waals surface area contributed by atoms with Gasteiger partial charge in [0.2, 0.25) is 0 Å². The topological polar surface area (TPSA) is 29.3 Å². The van der Waals surface area contributed by atoms with Crippen molar-refractivity contribution in [2.45, 2.75) is 0 Å². The Morgan fingerprint density at radius 3 is 1.87 bits per heavy atom. The van der Waals surface area contributed by atoms with Gasteiger partial charge in [-0.25, -0.2) is 0 Å². The first-order chi connectivity index (χ1) is 22.8.